The molecule has 0 saturated carbocycles. The minimum Gasteiger partial charge on any atom is -0.351 e. The average molecular weight is 401 g/mol. The van der Waals surface area contributed by atoms with Gasteiger partial charge < -0.3 is 14.3 Å². The Hall–Kier alpha value is -1.87. The number of piperidine rings is 1. The van der Waals surface area contributed by atoms with Crippen molar-refractivity contribution in [3.63, 3.8) is 0 Å². The SMILES string of the molecule is CCN(C)[C@@H]1CCCN(C(=O)c2ccc(-c3noc(C(F)(F)F)c3C)s2)C1. The van der Waals surface area contributed by atoms with Crippen molar-refractivity contribution < 1.29 is 22.5 Å². The van der Waals surface area contributed by atoms with Crippen molar-refractivity contribution in [2.45, 2.75) is 38.9 Å². The first kappa shape index (κ1) is 19.9. The van der Waals surface area contributed by atoms with Gasteiger partial charge in [0.05, 0.1) is 9.75 Å². The van der Waals surface area contributed by atoms with Crippen LogP contribution < -0.4 is 0 Å². The number of rotatable bonds is 4. The van der Waals surface area contributed by atoms with Gasteiger partial charge >= 0.3 is 6.18 Å². The van der Waals surface area contributed by atoms with E-state index in [9.17, 15) is 18.0 Å². The van der Waals surface area contributed by atoms with Crippen molar-refractivity contribution in [3.8, 4) is 10.6 Å². The second kappa shape index (κ2) is 7.63. The third-order valence-electron chi connectivity index (χ3n) is 5.04. The summed E-state index contributed by atoms with van der Waals surface area (Å²) >= 11 is 1.15. The predicted octanol–water partition coefficient (Wildman–Crippen LogP) is 4.29. The van der Waals surface area contributed by atoms with Crippen LogP contribution in [0.3, 0.4) is 0 Å². The van der Waals surface area contributed by atoms with Gasteiger partial charge in [0, 0.05) is 24.7 Å². The Morgan fingerprint density at radius 1 is 1.44 bits per heavy atom. The molecule has 148 valence electrons. The molecule has 3 heterocycles. The molecule has 27 heavy (non-hydrogen) atoms. The second-order valence-corrected chi connectivity index (χ2v) is 7.85. The molecule has 0 radical (unpaired) electrons. The van der Waals surface area contributed by atoms with Gasteiger partial charge in [-0.3, -0.25) is 4.79 Å². The van der Waals surface area contributed by atoms with E-state index < -0.39 is 11.9 Å². The summed E-state index contributed by atoms with van der Waals surface area (Å²) in [7, 11) is 2.05. The molecule has 0 bridgehead atoms. The summed E-state index contributed by atoms with van der Waals surface area (Å²) in [5.74, 6) is -1.18. The van der Waals surface area contributed by atoms with E-state index in [4.69, 9.17) is 0 Å². The fourth-order valence-electron chi connectivity index (χ4n) is 3.32. The minimum atomic E-state index is -4.58. The highest BCUT2D eigenvalue weighted by molar-refractivity contribution is 7.17. The van der Waals surface area contributed by atoms with E-state index in [-0.39, 0.29) is 17.2 Å². The van der Waals surface area contributed by atoms with Crippen LogP contribution in [0.1, 0.15) is 40.8 Å². The van der Waals surface area contributed by atoms with E-state index in [1.807, 2.05) is 11.9 Å². The molecule has 2 aromatic rings. The molecule has 0 N–H and O–H groups in total. The maximum Gasteiger partial charge on any atom is 0.452 e. The number of thiophene rings is 1. The maximum absolute atomic E-state index is 12.9. The first-order chi connectivity index (χ1) is 12.7. The lowest BCUT2D eigenvalue weighted by atomic mass is 10.0. The molecule has 3 rings (SSSR count). The average Bonchev–Trinajstić information content (AvgIpc) is 3.26. The summed E-state index contributed by atoms with van der Waals surface area (Å²) in [6, 6.07) is 3.61. The number of likely N-dealkylation sites (N-methyl/N-ethyl adjacent to an activating group) is 1. The van der Waals surface area contributed by atoms with Gasteiger partial charge in [-0.1, -0.05) is 12.1 Å². The fourth-order valence-corrected chi connectivity index (χ4v) is 4.34. The fraction of sp³-hybridized carbons (Fsp3) is 0.556. The number of hydrogen-bond donors (Lipinski definition) is 0. The number of amides is 1. The number of carbonyl (C=O) groups excluding carboxylic acids is 1. The molecule has 9 heteroatoms. The zero-order valence-electron chi connectivity index (χ0n) is 15.5. The van der Waals surface area contributed by atoms with Crippen molar-refractivity contribution >= 4 is 17.2 Å². The van der Waals surface area contributed by atoms with Crippen LogP contribution in [0, 0.1) is 6.92 Å². The number of halogens is 3. The highest BCUT2D eigenvalue weighted by atomic mass is 32.1. The topological polar surface area (TPSA) is 49.6 Å². The molecule has 0 unspecified atom stereocenters. The Morgan fingerprint density at radius 3 is 2.81 bits per heavy atom. The van der Waals surface area contributed by atoms with E-state index >= 15 is 0 Å². The van der Waals surface area contributed by atoms with Gasteiger partial charge in [-0.05, 0) is 45.5 Å². The zero-order chi connectivity index (χ0) is 19.8. The van der Waals surface area contributed by atoms with Gasteiger partial charge in [-0.2, -0.15) is 13.2 Å². The van der Waals surface area contributed by atoms with Crippen molar-refractivity contribution in [1.29, 1.82) is 0 Å². The number of aromatic nitrogens is 1. The van der Waals surface area contributed by atoms with E-state index in [1.54, 1.807) is 12.1 Å². The molecule has 5 nitrogen and oxygen atoms in total. The standard InChI is InChI=1S/C18H22F3N3O2S/c1-4-23(3)12-6-5-9-24(10-12)17(25)14-8-7-13(27-14)15-11(2)16(26-22-15)18(19,20)21/h7-8,12H,4-6,9-10H2,1-3H3/t12-/m1/s1. The molecule has 1 atom stereocenters. The molecule has 1 aliphatic rings. The lowest BCUT2D eigenvalue weighted by Gasteiger charge is -2.37. The van der Waals surface area contributed by atoms with Gasteiger partial charge in [0.25, 0.3) is 5.91 Å². The number of hydrogen-bond acceptors (Lipinski definition) is 5. The highest BCUT2D eigenvalue weighted by Crippen LogP contribution is 2.38. The second-order valence-electron chi connectivity index (χ2n) is 6.77. The normalized spacial score (nSPS) is 18.3. The van der Waals surface area contributed by atoms with Gasteiger partial charge in [0.1, 0.15) is 5.69 Å². The number of likely N-dealkylation sites (tertiary alicyclic amines) is 1. The van der Waals surface area contributed by atoms with E-state index in [1.165, 1.54) is 6.92 Å². The zero-order valence-corrected chi connectivity index (χ0v) is 16.3. The summed E-state index contributed by atoms with van der Waals surface area (Å²) in [6.45, 7) is 5.69. The highest BCUT2D eigenvalue weighted by Gasteiger charge is 2.39. The van der Waals surface area contributed by atoms with Crippen LogP contribution in [-0.4, -0.2) is 53.6 Å². The van der Waals surface area contributed by atoms with Gasteiger partial charge in [0.2, 0.25) is 5.76 Å². The summed E-state index contributed by atoms with van der Waals surface area (Å²) in [4.78, 5) is 17.9. The number of carbonyl (C=O) groups is 1. The molecule has 1 fully saturated rings. The van der Waals surface area contributed by atoms with Crippen molar-refractivity contribution in [3.05, 3.63) is 28.3 Å². The smallest absolute Gasteiger partial charge is 0.351 e. The van der Waals surface area contributed by atoms with E-state index in [0.717, 1.165) is 30.7 Å². The molecule has 0 aliphatic carbocycles. The van der Waals surface area contributed by atoms with Gasteiger partial charge in [-0.25, -0.2) is 0 Å². The summed E-state index contributed by atoms with van der Waals surface area (Å²) in [5.41, 5.74) is 0.0690. The monoisotopic (exact) mass is 401 g/mol. The van der Waals surface area contributed by atoms with Crippen LogP contribution in [0.4, 0.5) is 13.2 Å². The Kier molecular flexibility index (Phi) is 5.62. The van der Waals surface area contributed by atoms with Crippen molar-refractivity contribution in [1.82, 2.24) is 15.0 Å². The molecular weight excluding hydrogens is 379 g/mol. The Labute approximate surface area is 159 Å². The van der Waals surface area contributed by atoms with E-state index in [2.05, 4.69) is 21.5 Å². The lowest BCUT2D eigenvalue weighted by molar-refractivity contribution is -0.156. The van der Waals surface area contributed by atoms with E-state index in [0.29, 0.717) is 28.9 Å². The first-order valence-electron chi connectivity index (χ1n) is 8.85. The maximum atomic E-state index is 12.9. The molecule has 0 aromatic carbocycles. The molecule has 1 saturated heterocycles. The van der Waals surface area contributed by atoms with Gasteiger partial charge in [0.15, 0.2) is 0 Å². The first-order valence-corrected chi connectivity index (χ1v) is 9.67. The summed E-state index contributed by atoms with van der Waals surface area (Å²) in [6.07, 6.45) is -2.59. The number of alkyl halides is 3. The van der Waals surface area contributed by atoms with Crippen LogP contribution in [-0.2, 0) is 6.18 Å². The molecule has 1 amide bonds. The molecule has 0 spiro atoms. The number of nitrogens with zero attached hydrogens (tertiary/aromatic N) is 3. The van der Waals surface area contributed by atoms with Gasteiger partial charge in [-0.15, -0.1) is 11.3 Å². The largest absolute Gasteiger partial charge is 0.452 e. The summed E-state index contributed by atoms with van der Waals surface area (Å²) < 4.78 is 43.2. The van der Waals surface area contributed by atoms with Crippen molar-refractivity contribution in [2.75, 3.05) is 26.7 Å². The predicted molar refractivity (Wildman–Crippen MR) is 96.8 cm³/mol. The Bertz CT molecular complexity index is 815. The third-order valence-corrected chi connectivity index (χ3v) is 6.12. The quantitative estimate of drug-likeness (QED) is 0.767. The van der Waals surface area contributed by atoms with Crippen LogP contribution in [0.25, 0.3) is 10.6 Å². The van der Waals surface area contributed by atoms with Crippen molar-refractivity contribution in [2.24, 2.45) is 0 Å². The molecule has 2 aromatic heterocycles. The van der Waals surface area contributed by atoms with Crippen LogP contribution in [0.15, 0.2) is 16.7 Å². The lowest BCUT2D eigenvalue weighted by Crippen LogP contribution is -2.48. The van der Waals surface area contributed by atoms with Crippen LogP contribution in [0.5, 0.6) is 0 Å². The minimum absolute atomic E-state index is 0.0639. The third kappa shape index (κ3) is 4.03. The van der Waals surface area contributed by atoms with Crippen LogP contribution in [0.2, 0.25) is 0 Å². The molecular formula is C18H22F3N3O2S. The Morgan fingerprint density at radius 2 is 2.19 bits per heavy atom. The molecule has 1 aliphatic heterocycles. The summed E-state index contributed by atoms with van der Waals surface area (Å²) in [5, 5.41) is 3.57. The van der Waals surface area contributed by atoms with Crippen LogP contribution >= 0.6 is 11.3 Å². The Balaban J connectivity index is 1.78.